The van der Waals surface area contributed by atoms with Crippen molar-refractivity contribution in [2.45, 2.75) is 31.2 Å². The van der Waals surface area contributed by atoms with Crippen LogP contribution in [-0.4, -0.2) is 39.7 Å². The number of carbonyl (C=O) groups excluding carboxylic acids is 1. The maximum Gasteiger partial charge on any atom is 0.266 e. The summed E-state index contributed by atoms with van der Waals surface area (Å²) in [4.78, 5) is 32.0. The Balaban J connectivity index is 2.29. The standard InChI is InChI=1S/C21H23N3O2S/c1-13-9-8-10-14(2)18(13)24-20(26)16-11-6-7-12-17(16)22-21(24)27-15(3)19(25)23(4)5/h6-12,15H,1-5H3/t15-/m1/s1. The van der Waals surface area contributed by atoms with E-state index in [-0.39, 0.29) is 16.7 Å². The molecular weight excluding hydrogens is 358 g/mol. The van der Waals surface area contributed by atoms with Gasteiger partial charge in [0.2, 0.25) is 5.91 Å². The van der Waals surface area contributed by atoms with Gasteiger partial charge in [-0.1, -0.05) is 42.1 Å². The van der Waals surface area contributed by atoms with E-state index in [2.05, 4.69) is 0 Å². The molecule has 0 radical (unpaired) electrons. The van der Waals surface area contributed by atoms with Crippen LogP contribution in [0.1, 0.15) is 18.1 Å². The summed E-state index contributed by atoms with van der Waals surface area (Å²) in [5.41, 5.74) is 3.32. The molecule has 0 aliphatic carbocycles. The number of fused-ring (bicyclic) bond motifs is 1. The molecule has 0 spiro atoms. The predicted octanol–water partition coefficient (Wildman–Crippen LogP) is 3.57. The minimum atomic E-state index is -0.358. The summed E-state index contributed by atoms with van der Waals surface area (Å²) in [6, 6.07) is 13.2. The van der Waals surface area contributed by atoms with Gasteiger partial charge >= 0.3 is 0 Å². The van der Waals surface area contributed by atoms with Gasteiger partial charge in [-0.25, -0.2) is 4.98 Å². The third kappa shape index (κ3) is 3.62. The molecule has 1 atom stereocenters. The maximum absolute atomic E-state index is 13.4. The second-order valence-corrected chi connectivity index (χ2v) is 8.09. The average molecular weight is 382 g/mol. The summed E-state index contributed by atoms with van der Waals surface area (Å²) in [6.07, 6.45) is 0. The van der Waals surface area contributed by atoms with Gasteiger partial charge in [0, 0.05) is 14.1 Å². The average Bonchev–Trinajstić information content (AvgIpc) is 2.63. The lowest BCUT2D eigenvalue weighted by Crippen LogP contribution is -2.31. The largest absolute Gasteiger partial charge is 0.348 e. The molecule has 5 nitrogen and oxygen atoms in total. The van der Waals surface area contributed by atoms with Crippen LogP contribution in [-0.2, 0) is 4.79 Å². The molecule has 0 N–H and O–H groups in total. The molecule has 1 aromatic heterocycles. The van der Waals surface area contributed by atoms with Crippen molar-refractivity contribution in [3.05, 3.63) is 63.9 Å². The number of hydrogen-bond acceptors (Lipinski definition) is 4. The Morgan fingerprint density at radius 1 is 1.07 bits per heavy atom. The molecule has 0 fully saturated rings. The Morgan fingerprint density at radius 3 is 2.33 bits per heavy atom. The van der Waals surface area contributed by atoms with Gasteiger partial charge in [0.15, 0.2) is 5.16 Å². The van der Waals surface area contributed by atoms with Crippen LogP contribution in [0.3, 0.4) is 0 Å². The van der Waals surface area contributed by atoms with E-state index in [0.717, 1.165) is 16.8 Å². The lowest BCUT2D eigenvalue weighted by Gasteiger charge is -2.20. The van der Waals surface area contributed by atoms with Crippen molar-refractivity contribution in [3.8, 4) is 5.69 Å². The van der Waals surface area contributed by atoms with Crippen LogP contribution in [0.15, 0.2) is 52.4 Å². The molecule has 3 rings (SSSR count). The highest BCUT2D eigenvalue weighted by Crippen LogP contribution is 2.28. The molecule has 3 aromatic rings. The molecule has 0 unspecified atom stereocenters. The Morgan fingerprint density at radius 2 is 1.70 bits per heavy atom. The summed E-state index contributed by atoms with van der Waals surface area (Å²) in [5.74, 6) is -0.0181. The zero-order valence-corrected chi connectivity index (χ0v) is 17.0. The number of aryl methyl sites for hydroxylation is 2. The van der Waals surface area contributed by atoms with Gasteiger partial charge < -0.3 is 4.90 Å². The molecule has 1 amide bonds. The number of hydrogen-bond donors (Lipinski definition) is 0. The zero-order valence-electron chi connectivity index (χ0n) is 16.2. The number of rotatable bonds is 4. The third-order valence-corrected chi connectivity index (χ3v) is 5.52. The molecule has 140 valence electrons. The Bertz CT molecular complexity index is 1050. The van der Waals surface area contributed by atoms with Crippen molar-refractivity contribution < 1.29 is 4.79 Å². The second-order valence-electron chi connectivity index (χ2n) is 6.79. The van der Waals surface area contributed by atoms with Gasteiger partial charge in [0.05, 0.1) is 21.8 Å². The highest BCUT2D eigenvalue weighted by molar-refractivity contribution is 8.00. The minimum Gasteiger partial charge on any atom is -0.348 e. The Labute approximate surface area is 163 Å². The topological polar surface area (TPSA) is 55.2 Å². The molecule has 1 heterocycles. The van der Waals surface area contributed by atoms with E-state index in [1.165, 1.54) is 11.8 Å². The third-order valence-electron chi connectivity index (χ3n) is 4.48. The molecule has 6 heteroatoms. The van der Waals surface area contributed by atoms with Crippen molar-refractivity contribution in [1.82, 2.24) is 14.5 Å². The molecule has 0 aliphatic heterocycles. The maximum atomic E-state index is 13.4. The van der Waals surface area contributed by atoms with Crippen molar-refractivity contribution in [2.24, 2.45) is 0 Å². The van der Waals surface area contributed by atoms with Crippen LogP contribution in [0, 0.1) is 13.8 Å². The Kier molecular flexibility index (Phi) is 5.37. The van der Waals surface area contributed by atoms with Gasteiger partial charge in [-0.2, -0.15) is 0 Å². The number of benzene rings is 2. The fourth-order valence-electron chi connectivity index (χ4n) is 3.12. The predicted molar refractivity (Wildman–Crippen MR) is 111 cm³/mol. The van der Waals surface area contributed by atoms with Gasteiger partial charge in [0.1, 0.15) is 0 Å². The lowest BCUT2D eigenvalue weighted by atomic mass is 10.1. The van der Waals surface area contributed by atoms with Gasteiger partial charge in [-0.05, 0) is 44.0 Å². The van der Waals surface area contributed by atoms with Crippen molar-refractivity contribution >= 4 is 28.6 Å². The molecule has 2 aromatic carbocycles. The summed E-state index contributed by atoms with van der Waals surface area (Å²) < 4.78 is 1.65. The fraction of sp³-hybridized carbons (Fsp3) is 0.286. The van der Waals surface area contributed by atoms with Crippen LogP contribution in [0.4, 0.5) is 0 Å². The molecule has 0 saturated carbocycles. The fourth-order valence-corrected chi connectivity index (χ4v) is 4.18. The van der Waals surface area contributed by atoms with Crippen LogP contribution < -0.4 is 5.56 Å². The molecule has 0 saturated heterocycles. The SMILES string of the molecule is Cc1cccc(C)c1-n1c(S[C@H](C)C(=O)N(C)C)nc2ccccc2c1=O. The van der Waals surface area contributed by atoms with E-state index in [1.54, 1.807) is 29.6 Å². The monoisotopic (exact) mass is 381 g/mol. The first-order chi connectivity index (χ1) is 12.8. The van der Waals surface area contributed by atoms with E-state index in [0.29, 0.717) is 16.1 Å². The summed E-state index contributed by atoms with van der Waals surface area (Å²) in [7, 11) is 3.46. The van der Waals surface area contributed by atoms with Crippen molar-refractivity contribution in [1.29, 1.82) is 0 Å². The van der Waals surface area contributed by atoms with E-state index < -0.39 is 0 Å². The highest BCUT2D eigenvalue weighted by atomic mass is 32.2. The van der Waals surface area contributed by atoms with Crippen molar-refractivity contribution in [2.75, 3.05) is 14.1 Å². The molecule has 0 bridgehead atoms. The highest BCUT2D eigenvalue weighted by Gasteiger charge is 2.22. The summed E-state index contributed by atoms with van der Waals surface area (Å²) >= 11 is 1.31. The van der Waals surface area contributed by atoms with Crippen LogP contribution in [0.25, 0.3) is 16.6 Å². The van der Waals surface area contributed by atoms with E-state index in [9.17, 15) is 9.59 Å². The first-order valence-electron chi connectivity index (χ1n) is 8.77. The van der Waals surface area contributed by atoms with E-state index in [1.807, 2.05) is 57.2 Å². The van der Waals surface area contributed by atoms with Gasteiger partial charge in [-0.3, -0.25) is 14.2 Å². The number of carbonyl (C=O) groups is 1. The first kappa shape index (κ1) is 19.2. The lowest BCUT2D eigenvalue weighted by molar-refractivity contribution is -0.127. The minimum absolute atomic E-state index is 0.0181. The van der Waals surface area contributed by atoms with E-state index >= 15 is 0 Å². The van der Waals surface area contributed by atoms with Crippen LogP contribution in [0.2, 0.25) is 0 Å². The summed E-state index contributed by atoms with van der Waals surface area (Å²) in [5, 5.41) is 0.735. The number of thioether (sulfide) groups is 1. The number of para-hydroxylation sites is 2. The number of aromatic nitrogens is 2. The van der Waals surface area contributed by atoms with Gasteiger partial charge in [0.25, 0.3) is 5.56 Å². The number of nitrogens with zero attached hydrogens (tertiary/aromatic N) is 3. The van der Waals surface area contributed by atoms with Crippen molar-refractivity contribution in [3.63, 3.8) is 0 Å². The van der Waals surface area contributed by atoms with Crippen LogP contribution in [0.5, 0.6) is 0 Å². The molecule has 27 heavy (non-hydrogen) atoms. The zero-order chi connectivity index (χ0) is 19.7. The van der Waals surface area contributed by atoms with Crippen LogP contribution >= 0.6 is 11.8 Å². The second kappa shape index (κ2) is 7.56. The Hall–Kier alpha value is -2.60. The molecule has 0 aliphatic rings. The number of amides is 1. The summed E-state index contributed by atoms with van der Waals surface area (Å²) in [6.45, 7) is 5.79. The quantitative estimate of drug-likeness (QED) is 0.512. The first-order valence-corrected chi connectivity index (χ1v) is 9.65. The van der Waals surface area contributed by atoms with E-state index in [4.69, 9.17) is 4.98 Å². The van der Waals surface area contributed by atoms with Gasteiger partial charge in [-0.15, -0.1) is 0 Å². The normalized spacial score (nSPS) is 12.2. The smallest absolute Gasteiger partial charge is 0.266 e. The molecular formula is C21H23N3O2S.